The molecular weight excluding hydrogens is 765 g/mol. The van der Waals surface area contributed by atoms with Crippen LogP contribution in [0.4, 0.5) is 0 Å². The lowest BCUT2D eigenvalue weighted by Crippen LogP contribution is -2.30. The molecule has 0 fully saturated rings. The van der Waals surface area contributed by atoms with Gasteiger partial charge in [0, 0.05) is 19.4 Å². The SMILES string of the molecule is CC/C=C\C/C=C\C/C=C\C/C=C\C/C=C\C/C=C\CCC(=O)OCC(COCCCCCCCC/C=C\C/C=C\CCC)OC(=O)CC/C=C\C/C=C\C/C=C\C/C=C\CC. The minimum atomic E-state index is -0.620. The number of unbranched alkanes of at least 4 members (excludes halogenated alkanes) is 7. The van der Waals surface area contributed by atoms with E-state index in [1.54, 1.807) is 0 Å². The first-order valence-corrected chi connectivity index (χ1v) is 24.4. The second-order valence-electron chi connectivity index (χ2n) is 15.2. The van der Waals surface area contributed by atoms with Crippen LogP contribution < -0.4 is 0 Å². The molecule has 0 aliphatic carbocycles. The van der Waals surface area contributed by atoms with Crippen LogP contribution in [0.3, 0.4) is 0 Å². The Bertz CT molecular complexity index is 1380. The monoisotopic (exact) mass is 853 g/mol. The molecule has 5 nitrogen and oxygen atoms in total. The summed E-state index contributed by atoms with van der Waals surface area (Å²) in [7, 11) is 0. The molecule has 0 saturated carbocycles. The van der Waals surface area contributed by atoms with Crippen LogP contribution >= 0.6 is 0 Å². The van der Waals surface area contributed by atoms with Crippen LogP contribution in [0.2, 0.25) is 0 Å². The molecule has 0 rings (SSSR count). The highest BCUT2D eigenvalue weighted by Gasteiger charge is 2.17. The molecule has 0 radical (unpaired) electrons. The summed E-state index contributed by atoms with van der Waals surface area (Å²) in [5.41, 5.74) is 0. The third-order valence-corrected chi connectivity index (χ3v) is 9.35. The highest BCUT2D eigenvalue weighted by molar-refractivity contribution is 5.70. The number of ether oxygens (including phenoxy) is 3. The van der Waals surface area contributed by atoms with Crippen molar-refractivity contribution in [1.82, 2.24) is 0 Å². The smallest absolute Gasteiger partial charge is 0.306 e. The molecule has 1 atom stereocenters. The van der Waals surface area contributed by atoms with Crippen LogP contribution in [0.25, 0.3) is 0 Å². The van der Waals surface area contributed by atoms with E-state index >= 15 is 0 Å². The van der Waals surface area contributed by atoms with E-state index in [2.05, 4.69) is 154 Å². The van der Waals surface area contributed by atoms with Crippen molar-refractivity contribution in [2.45, 2.75) is 181 Å². The highest BCUT2D eigenvalue weighted by atomic mass is 16.6. The predicted molar refractivity (Wildman–Crippen MR) is 269 cm³/mol. The molecule has 0 bridgehead atoms. The van der Waals surface area contributed by atoms with Crippen LogP contribution in [-0.4, -0.2) is 37.9 Å². The number of carbonyl (C=O) groups is 2. The minimum Gasteiger partial charge on any atom is -0.462 e. The molecular formula is C57H88O5. The first-order chi connectivity index (χ1) is 30.6. The van der Waals surface area contributed by atoms with Gasteiger partial charge in [-0.2, -0.15) is 0 Å². The van der Waals surface area contributed by atoms with E-state index in [9.17, 15) is 9.59 Å². The van der Waals surface area contributed by atoms with Gasteiger partial charge >= 0.3 is 11.9 Å². The number of hydrogen-bond acceptors (Lipinski definition) is 5. The Balaban J connectivity index is 4.52. The van der Waals surface area contributed by atoms with Crippen molar-refractivity contribution in [1.29, 1.82) is 0 Å². The first kappa shape index (κ1) is 57.8. The zero-order chi connectivity index (χ0) is 44.9. The van der Waals surface area contributed by atoms with Crippen molar-refractivity contribution < 1.29 is 23.8 Å². The summed E-state index contributed by atoms with van der Waals surface area (Å²) in [6, 6.07) is 0. The fourth-order valence-electron chi connectivity index (χ4n) is 5.82. The molecule has 346 valence electrons. The maximum Gasteiger partial charge on any atom is 0.306 e. The van der Waals surface area contributed by atoms with Crippen LogP contribution in [0.5, 0.6) is 0 Å². The molecule has 0 amide bonds. The fraction of sp³-hybridized carbons (Fsp3) is 0.544. The van der Waals surface area contributed by atoms with Crippen molar-refractivity contribution >= 4 is 11.9 Å². The standard InChI is InChI=1S/C57H88O5/c1-4-7-10-13-16-19-22-25-27-28-29-30-31-33-35-38-41-44-47-50-56(58)61-54-55(53-60-52-49-46-43-40-37-34-26-23-20-17-14-11-8-5-2)62-57(59)51-48-45-42-39-36-32-24-21-18-15-12-9-6-3/h7,9-12,14,16,18-21,23,25,27,29-30,32-33,35-36,41-42,44-45,55H,4-6,8,13,15,17,22,24,26,28,31,34,37-40,43,46-54H2,1-3H3/b10-7-,12-9-,14-11-,19-16-,21-18-,23-20-,27-25-,30-29-,35-33-,36-32-,44-41-,45-42-. The van der Waals surface area contributed by atoms with Gasteiger partial charge in [0.2, 0.25) is 0 Å². The Kier molecular flexibility index (Phi) is 47.7. The van der Waals surface area contributed by atoms with Crippen molar-refractivity contribution in [3.05, 3.63) is 146 Å². The number of allylic oxidation sites excluding steroid dienone is 24. The molecule has 0 N–H and O–H groups in total. The average molecular weight is 853 g/mol. The van der Waals surface area contributed by atoms with Crippen molar-refractivity contribution in [3.8, 4) is 0 Å². The Morgan fingerprint density at radius 1 is 0.371 bits per heavy atom. The van der Waals surface area contributed by atoms with Crippen LogP contribution in [0.1, 0.15) is 175 Å². The Morgan fingerprint density at radius 3 is 1.16 bits per heavy atom. The van der Waals surface area contributed by atoms with Crippen LogP contribution in [0, 0.1) is 0 Å². The molecule has 0 aliphatic heterocycles. The number of rotatable bonds is 42. The van der Waals surface area contributed by atoms with E-state index in [1.165, 1.54) is 38.5 Å². The van der Waals surface area contributed by atoms with Gasteiger partial charge in [-0.05, 0) is 109 Å². The Hall–Kier alpha value is -4.22. The van der Waals surface area contributed by atoms with E-state index in [0.717, 1.165) is 89.9 Å². The van der Waals surface area contributed by atoms with Crippen molar-refractivity contribution in [3.63, 3.8) is 0 Å². The van der Waals surface area contributed by atoms with E-state index in [4.69, 9.17) is 14.2 Å². The molecule has 0 aromatic heterocycles. The van der Waals surface area contributed by atoms with E-state index in [-0.39, 0.29) is 38.0 Å². The summed E-state index contributed by atoms with van der Waals surface area (Å²) in [5.74, 6) is -0.609. The zero-order valence-corrected chi connectivity index (χ0v) is 39.6. The lowest BCUT2D eigenvalue weighted by atomic mass is 10.1. The molecule has 0 saturated heterocycles. The Labute approximate surface area is 381 Å². The third kappa shape index (κ3) is 48.4. The summed E-state index contributed by atoms with van der Waals surface area (Å²) >= 11 is 0. The van der Waals surface area contributed by atoms with Gasteiger partial charge in [0.15, 0.2) is 6.10 Å². The number of hydrogen-bond donors (Lipinski definition) is 0. The zero-order valence-electron chi connectivity index (χ0n) is 39.6. The van der Waals surface area contributed by atoms with Gasteiger partial charge in [-0.25, -0.2) is 0 Å². The molecule has 0 spiro atoms. The maximum atomic E-state index is 12.7. The fourth-order valence-corrected chi connectivity index (χ4v) is 5.82. The molecule has 1 unspecified atom stereocenters. The highest BCUT2D eigenvalue weighted by Crippen LogP contribution is 2.10. The van der Waals surface area contributed by atoms with Gasteiger partial charge in [0.25, 0.3) is 0 Å². The summed E-state index contributed by atoms with van der Waals surface area (Å²) in [6.07, 6.45) is 74.5. The van der Waals surface area contributed by atoms with Gasteiger partial charge in [-0.15, -0.1) is 0 Å². The lowest BCUT2D eigenvalue weighted by Gasteiger charge is -2.18. The van der Waals surface area contributed by atoms with Gasteiger partial charge < -0.3 is 14.2 Å². The predicted octanol–water partition coefficient (Wildman–Crippen LogP) is 16.6. The van der Waals surface area contributed by atoms with E-state index < -0.39 is 6.10 Å². The number of esters is 2. The van der Waals surface area contributed by atoms with E-state index in [0.29, 0.717) is 19.4 Å². The largest absolute Gasteiger partial charge is 0.462 e. The average Bonchev–Trinajstić information content (AvgIpc) is 3.27. The second kappa shape index (κ2) is 51.1. The molecule has 0 aromatic carbocycles. The normalized spacial score (nSPS) is 13.5. The van der Waals surface area contributed by atoms with Crippen LogP contribution in [-0.2, 0) is 23.8 Å². The topological polar surface area (TPSA) is 61.8 Å². The van der Waals surface area contributed by atoms with Gasteiger partial charge in [0.05, 0.1) is 6.61 Å². The molecule has 62 heavy (non-hydrogen) atoms. The van der Waals surface area contributed by atoms with E-state index in [1.807, 2.05) is 12.2 Å². The van der Waals surface area contributed by atoms with Crippen LogP contribution in [0.15, 0.2) is 146 Å². The van der Waals surface area contributed by atoms with Crippen molar-refractivity contribution in [2.75, 3.05) is 19.8 Å². The van der Waals surface area contributed by atoms with Crippen molar-refractivity contribution in [2.24, 2.45) is 0 Å². The van der Waals surface area contributed by atoms with Gasteiger partial charge in [-0.1, -0.05) is 199 Å². The summed E-state index contributed by atoms with van der Waals surface area (Å²) in [5, 5.41) is 0. The molecule has 5 heteroatoms. The maximum absolute atomic E-state index is 12.7. The first-order valence-electron chi connectivity index (χ1n) is 24.4. The minimum absolute atomic E-state index is 0.00175. The number of carbonyl (C=O) groups excluding carboxylic acids is 2. The van der Waals surface area contributed by atoms with Gasteiger partial charge in [0.1, 0.15) is 6.61 Å². The van der Waals surface area contributed by atoms with Gasteiger partial charge in [-0.3, -0.25) is 9.59 Å². The Morgan fingerprint density at radius 2 is 0.726 bits per heavy atom. The third-order valence-electron chi connectivity index (χ3n) is 9.35. The summed E-state index contributed by atoms with van der Waals surface area (Å²) in [4.78, 5) is 25.3. The second-order valence-corrected chi connectivity index (χ2v) is 15.2. The quantitative estimate of drug-likeness (QED) is 0.0348. The molecule has 0 heterocycles. The molecule has 0 aliphatic rings. The summed E-state index contributed by atoms with van der Waals surface area (Å²) in [6.45, 7) is 7.32. The lowest BCUT2D eigenvalue weighted by molar-refractivity contribution is -0.162. The molecule has 0 aromatic rings. The summed E-state index contributed by atoms with van der Waals surface area (Å²) < 4.78 is 17.2.